The first-order valence-corrected chi connectivity index (χ1v) is 14.3. The van der Waals surface area contributed by atoms with Crippen molar-refractivity contribution in [1.29, 1.82) is 0 Å². The van der Waals surface area contributed by atoms with Crippen LogP contribution in [0.2, 0.25) is 0 Å². The van der Waals surface area contributed by atoms with E-state index in [0.29, 0.717) is 12.3 Å². The molecule has 0 radical (unpaired) electrons. The molecule has 8 nitrogen and oxygen atoms in total. The van der Waals surface area contributed by atoms with Crippen molar-refractivity contribution in [1.82, 2.24) is 0 Å². The highest BCUT2D eigenvalue weighted by molar-refractivity contribution is 8.03. The Morgan fingerprint density at radius 1 is 1.17 bits per heavy atom. The number of carboxylic acid groups (broad SMARTS) is 1. The maximum Gasteiger partial charge on any atom is 0.323 e. The Labute approximate surface area is 216 Å². The first kappa shape index (κ1) is 24.6. The molecular formula is C25H23N2O6S3+. The lowest BCUT2D eigenvalue weighted by Gasteiger charge is -2.18. The summed E-state index contributed by atoms with van der Waals surface area (Å²) in [6.45, 7) is 0.160. The molecule has 4 aromatic rings. The van der Waals surface area contributed by atoms with E-state index in [1.165, 1.54) is 11.8 Å². The van der Waals surface area contributed by atoms with Gasteiger partial charge in [0, 0.05) is 17.4 Å². The molecule has 0 bridgehead atoms. The van der Waals surface area contributed by atoms with Gasteiger partial charge in [0.2, 0.25) is 5.52 Å². The topological polar surface area (TPSA) is 108 Å². The molecule has 36 heavy (non-hydrogen) atoms. The number of thiazole rings is 1. The molecule has 0 aliphatic carbocycles. The monoisotopic (exact) mass is 543 g/mol. The van der Waals surface area contributed by atoms with Crippen molar-refractivity contribution in [2.45, 2.75) is 17.9 Å². The number of rotatable bonds is 8. The van der Waals surface area contributed by atoms with Gasteiger partial charge in [-0.25, -0.2) is 0 Å². The van der Waals surface area contributed by atoms with Crippen molar-refractivity contribution in [3.63, 3.8) is 0 Å². The van der Waals surface area contributed by atoms with Crippen molar-refractivity contribution < 1.29 is 32.2 Å². The van der Waals surface area contributed by atoms with Crippen molar-refractivity contribution >= 4 is 71.9 Å². The Bertz CT molecular complexity index is 1630. The van der Waals surface area contributed by atoms with Gasteiger partial charge >= 0.3 is 5.97 Å². The Hall–Kier alpha value is -3.12. The molecule has 11 heteroatoms. The second-order valence-electron chi connectivity index (χ2n) is 8.26. The van der Waals surface area contributed by atoms with Crippen LogP contribution in [0.5, 0.6) is 5.75 Å². The van der Waals surface area contributed by atoms with Crippen LogP contribution in [-0.4, -0.2) is 43.5 Å². The molecular weight excluding hydrogens is 520 g/mol. The number of hydrogen-bond donors (Lipinski definition) is 2. The Kier molecular flexibility index (Phi) is 6.64. The molecule has 0 atom stereocenters. The fourth-order valence-corrected chi connectivity index (χ4v) is 7.12. The molecule has 3 aromatic carbocycles. The van der Waals surface area contributed by atoms with Crippen molar-refractivity contribution in [2.75, 3.05) is 24.3 Å². The first-order chi connectivity index (χ1) is 17.2. The van der Waals surface area contributed by atoms with Gasteiger partial charge in [0.1, 0.15) is 17.0 Å². The van der Waals surface area contributed by atoms with E-state index in [1.807, 2.05) is 54.6 Å². The number of anilines is 1. The fraction of sp³-hybridized carbons (Fsp3) is 0.200. The third-order valence-corrected chi connectivity index (χ3v) is 8.89. The van der Waals surface area contributed by atoms with E-state index >= 15 is 0 Å². The van der Waals surface area contributed by atoms with Gasteiger partial charge in [-0.1, -0.05) is 47.4 Å². The lowest BCUT2D eigenvalue weighted by atomic mass is 10.1. The zero-order valence-electron chi connectivity index (χ0n) is 19.2. The first-order valence-electron chi connectivity index (χ1n) is 11.1. The number of nitrogens with zero attached hydrogens (tertiary/aromatic N) is 2. The molecule has 0 fully saturated rings. The second-order valence-corrected chi connectivity index (χ2v) is 12.0. The highest BCUT2D eigenvalue weighted by atomic mass is 32.2. The van der Waals surface area contributed by atoms with Gasteiger partial charge in [0.05, 0.1) is 35.0 Å². The Balaban J connectivity index is 1.65. The van der Waals surface area contributed by atoms with Crippen LogP contribution in [0.4, 0.5) is 5.69 Å². The minimum absolute atomic E-state index is 0.213. The lowest BCUT2D eigenvalue weighted by molar-refractivity contribution is -0.667. The van der Waals surface area contributed by atoms with E-state index in [0.717, 1.165) is 41.6 Å². The summed E-state index contributed by atoms with van der Waals surface area (Å²) in [5, 5.41) is 13.3. The van der Waals surface area contributed by atoms with E-state index in [2.05, 4.69) is 10.6 Å². The summed E-state index contributed by atoms with van der Waals surface area (Å²) in [5.74, 6) is -0.663. The van der Waals surface area contributed by atoms with Gasteiger partial charge in [-0.15, -0.1) is 0 Å². The number of hydrogen-bond acceptors (Lipinski definition) is 7. The average Bonchev–Trinajstić information content (AvgIpc) is 3.35. The fourth-order valence-electron chi connectivity index (χ4n) is 4.33. The van der Waals surface area contributed by atoms with Gasteiger partial charge in [-0.3, -0.25) is 9.35 Å². The molecule has 5 rings (SSSR count). The van der Waals surface area contributed by atoms with Gasteiger partial charge in [-0.05, 0) is 29.7 Å². The number of carbonyl (C=O) groups is 1. The molecule has 2 heterocycles. The van der Waals surface area contributed by atoms with E-state index in [-0.39, 0.29) is 18.7 Å². The van der Waals surface area contributed by atoms with Gasteiger partial charge in [0.15, 0.2) is 6.54 Å². The number of carboxylic acids is 1. The second kappa shape index (κ2) is 9.74. The number of fused-ring (bicyclic) bond motifs is 4. The van der Waals surface area contributed by atoms with Gasteiger partial charge < -0.3 is 14.7 Å². The lowest BCUT2D eigenvalue weighted by Crippen LogP contribution is -2.36. The van der Waals surface area contributed by atoms with E-state index in [4.69, 9.17) is 4.74 Å². The predicted molar refractivity (Wildman–Crippen MR) is 142 cm³/mol. The van der Waals surface area contributed by atoms with Gasteiger partial charge in [0.25, 0.3) is 15.1 Å². The van der Waals surface area contributed by atoms with Crippen LogP contribution < -0.4 is 14.2 Å². The number of ether oxygens (including phenoxy) is 1. The van der Waals surface area contributed by atoms with Crippen LogP contribution in [0.15, 0.2) is 64.5 Å². The molecule has 0 spiro atoms. The predicted octanol–water partition coefficient (Wildman–Crippen LogP) is 4.62. The van der Waals surface area contributed by atoms with Crippen molar-refractivity contribution in [3.05, 3.63) is 64.6 Å². The molecule has 2 N–H and O–H groups in total. The molecule has 1 aliphatic rings. The van der Waals surface area contributed by atoms with Crippen LogP contribution in [0.3, 0.4) is 0 Å². The normalized spacial score (nSPS) is 14.6. The number of methoxy groups -OCH3 is 1. The summed E-state index contributed by atoms with van der Waals surface area (Å²) < 4.78 is 40.5. The Morgan fingerprint density at radius 2 is 1.97 bits per heavy atom. The summed E-state index contributed by atoms with van der Waals surface area (Å²) in [6.07, 6.45) is 2.19. The number of aliphatic carboxylic acids is 1. The summed E-state index contributed by atoms with van der Waals surface area (Å²) in [4.78, 5) is 14.4. The van der Waals surface area contributed by atoms with E-state index < -0.39 is 16.1 Å². The van der Waals surface area contributed by atoms with E-state index in [1.54, 1.807) is 23.3 Å². The SMILES string of the molecule is COc1ccc2c(c1)N(CC(=O)O)/C(=C/c1sc3ccc4ccccc4c3[n+]1CCCS(=O)(=O)O)S2. The molecule has 0 amide bonds. The van der Waals surface area contributed by atoms with Crippen molar-refractivity contribution in [3.8, 4) is 5.75 Å². The number of benzene rings is 3. The summed E-state index contributed by atoms with van der Waals surface area (Å²) >= 11 is 3.03. The highest BCUT2D eigenvalue weighted by Crippen LogP contribution is 2.48. The molecule has 0 unspecified atom stereocenters. The third kappa shape index (κ3) is 4.92. The van der Waals surface area contributed by atoms with Crippen LogP contribution in [0, 0.1) is 0 Å². The average molecular weight is 544 g/mol. The third-order valence-electron chi connectivity index (χ3n) is 5.88. The quantitative estimate of drug-likeness (QED) is 0.245. The highest BCUT2D eigenvalue weighted by Gasteiger charge is 2.30. The van der Waals surface area contributed by atoms with E-state index in [9.17, 15) is 22.9 Å². The zero-order valence-corrected chi connectivity index (χ0v) is 21.7. The van der Waals surface area contributed by atoms with Crippen LogP contribution >= 0.6 is 23.1 Å². The molecule has 186 valence electrons. The summed E-state index contributed by atoms with van der Waals surface area (Å²) in [7, 11) is -2.52. The zero-order chi connectivity index (χ0) is 25.4. The van der Waals surface area contributed by atoms with Crippen LogP contribution in [0.25, 0.3) is 27.1 Å². The molecule has 1 aromatic heterocycles. The maximum absolute atomic E-state index is 11.7. The minimum Gasteiger partial charge on any atom is -0.497 e. The number of aromatic nitrogens is 1. The van der Waals surface area contributed by atoms with Gasteiger partial charge in [-0.2, -0.15) is 13.0 Å². The smallest absolute Gasteiger partial charge is 0.323 e. The minimum atomic E-state index is -4.09. The molecule has 0 saturated carbocycles. The number of aryl methyl sites for hydroxylation is 1. The summed E-state index contributed by atoms with van der Waals surface area (Å²) in [5.41, 5.74) is 1.74. The maximum atomic E-state index is 11.7. The molecule has 0 saturated heterocycles. The summed E-state index contributed by atoms with van der Waals surface area (Å²) in [6, 6.07) is 17.7. The molecule has 1 aliphatic heterocycles. The Morgan fingerprint density at radius 3 is 2.72 bits per heavy atom. The number of thioether (sulfide) groups is 1. The standard InChI is InChI=1S/C25H22N2O6S3/c1-33-17-8-10-20-19(13-17)27(15-24(28)29)23(34-20)14-22-26(11-4-12-36(30,31)32)25-18-6-3-2-5-16(18)7-9-21(25)35-22/h2-3,5-10,13-14H,4,11-12,15H2,1H3,(H-,28,29,30,31,32)/p+1. The largest absolute Gasteiger partial charge is 0.497 e. The van der Waals surface area contributed by atoms with Crippen molar-refractivity contribution in [2.24, 2.45) is 0 Å². The van der Waals surface area contributed by atoms with Crippen LogP contribution in [-0.2, 0) is 21.5 Å². The van der Waals surface area contributed by atoms with Crippen LogP contribution in [0.1, 0.15) is 11.4 Å².